The number of nitrogens with zero attached hydrogens (tertiary/aromatic N) is 4. The number of rotatable bonds is 5. The first-order valence-corrected chi connectivity index (χ1v) is 10.1. The number of carbonyl (C=O) groups excluding carboxylic acids is 1. The second-order valence-electron chi connectivity index (χ2n) is 7.71. The van der Waals surface area contributed by atoms with Crippen molar-refractivity contribution in [2.45, 2.75) is 32.2 Å². The smallest absolute Gasteiger partial charge is 0.449 e. The summed E-state index contributed by atoms with van der Waals surface area (Å²) in [6.45, 7) is 6.77. The molecule has 0 fully saturated rings. The predicted molar refractivity (Wildman–Crippen MR) is 115 cm³/mol. The van der Waals surface area contributed by atoms with Gasteiger partial charge in [-0.1, -0.05) is 26.5 Å². The molecule has 1 N–H and O–H groups in total. The number of aliphatic imine (C=N–C) groups is 2. The monoisotopic (exact) mass is 482 g/mol. The number of nitrogens with one attached hydrogen (secondary N) is 1. The zero-order valence-corrected chi connectivity index (χ0v) is 18.5. The van der Waals surface area contributed by atoms with Gasteiger partial charge in [0, 0.05) is 6.08 Å². The maximum absolute atomic E-state index is 13.8. The van der Waals surface area contributed by atoms with Gasteiger partial charge in [-0.25, -0.2) is 18.7 Å². The van der Waals surface area contributed by atoms with Crippen LogP contribution >= 0.6 is 0 Å². The van der Waals surface area contributed by atoms with E-state index >= 15 is 0 Å². The van der Waals surface area contributed by atoms with E-state index in [2.05, 4.69) is 32.8 Å². The van der Waals surface area contributed by atoms with E-state index in [-0.39, 0.29) is 29.8 Å². The van der Waals surface area contributed by atoms with Crippen molar-refractivity contribution < 1.29 is 31.5 Å². The van der Waals surface area contributed by atoms with Crippen molar-refractivity contribution in [2.75, 3.05) is 13.7 Å². The Balaban J connectivity index is 1.89. The highest BCUT2D eigenvalue weighted by atomic mass is 19.4. The molecule has 2 aliphatic heterocycles. The van der Waals surface area contributed by atoms with Crippen LogP contribution in [0.25, 0.3) is 4.85 Å². The summed E-state index contributed by atoms with van der Waals surface area (Å²) in [5.74, 6) is -4.90. The molecule has 0 spiro atoms. The summed E-state index contributed by atoms with van der Waals surface area (Å²) in [5, 5.41) is 2.16. The van der Waals surface area contributed by atoms with E-state index in [4.69, 9.17) is 4.74 Å². The van der Waals surface area contributed by atoms with Crippen molar-refractivity contribution in [3.63, 3.8) is 0 Å². The molecule has 1 amide bonds. The molecule has 2 unspecified atom stereocenters. The minimum Gasteiger partial charge on any atom is -0.497 e. The summed E-state index contributed by atoms with van der Waals surface area (Å²) < 4.78 is 74.1. The highest BCUT2D eigenvalue weighted by Gasteiger charge is 2.52. The minimum absolute atomic E-state index is 0.122. The Morgan fingerprint density at radius 2 is 2.00 bits per heavy atom. The van der Waals surface area contributed by atoms with Gasteiger partial charge in [-0.15, -0.1) is 0 Å². The number of hydrogen-bond donors (Lipinski definition) is 1. The fraction of sp³-hybridized carbons (Fsp3) is 0.364. The Labute approximate surface area is 192 Å². The first-order chi connectivity index (χ1) is 15.9. The maximum Gasteiger partial charge on any atom is 0.449 e. The maximum atomic E-state index is 13.8. The second-order valence-corrected chi connectivity index (χ2v) is 7.71. The van der Waals surface area contributed by atoms with Crippen LogP contribution in [0.15, 0.2) is 52.3 Å². The lowest BCUT2D eigenvalue weighted by molar-refractivity contribution is -0.0672. The quantitative estimate of drug-likeness (QED) is 0.507. The van der Waals surface area contributed by atoms with Crippen LogP contribution in [0.1, 0.15) is 24.2 Å². The molecule has 2 aliphatic rings. The van der Waals surface area contributed by atoms with E-state index in [1.54, 1.807) is 13.8 Å². The molecule has 34 heavy (non-hydrogen) atoms. The Hall–Kier alpha value is -3.75. The third-order valence-corrected chi connectivity index (χ3v) is 4.98. The lowest BCUT2D eigenvalue weighted by atomic mass is 10.0. The molecule has 0 saturated heterocycles. The summed E-state index contributed by atoms with van der Waals surface area (Å²) in [4.78, 5) is 25.0. The zero-order chi connectivity index (χ0) is 25.2. The molecule has 3 rings (SSSR count). The van der Waals surface area contributed by atoms with Gasteiger partial charge in [0.1, 0.15) is 29.5 Å². The van der Waals surface area contributed by atoms with E-state index in [0.29, 0.717) is 0 Å². The molecule has 0 radical (unpaired) electrons. The number of methoxy groups -OCH3 is 1. The van der Waals surface area contributed by atoms with E-state index in [9.17, 15) is 26.7 Å². The second kappa shape index (κ2) is 9.62. The number of carbonyl (C=O) groups is 1. The van der Waals surface area contributed by atoms with Crippen molar-refractivity contribution in [3.8, 4) is 6.07 Å². The minimum atomic E-state index is -4.78. The van der Waals surface area contributed by atoms with Crippen LogP contribution in [0.5, 0.6) is 0 Å². The number of alkyl halides is 3. The third-order valence-electron chi connectivity index (χ3n) is 4.98. The zero-order valence-electron chi connectivity index (χ0n) is 18.5. The molecule has 1 aromatic rings. The lowest BCUT2D eigenvalue weighted by Crippen LogP contribution is -2.45. The topological polar surface area (TPSA) is 70.7 Å². The predicted octanol–water partition coefficient (Wildman–Crippen LogP) is 4.11. The fourth-order valence-electron chi connectivity index (χ4n) is 3.39. The molecule has 7 nitrogen and oxygen atoms in total. The standard InChI is InChI=1S/C22H20F5N5O2/c1-11(2)19-15(8-12(3)34-4)32(21(31-19)22(25,26)27)17-10-28-16(9-29-17)30-20(33)18-13(23)6-5-7-14(18)24/h5-8,11,17,19H,3,10H2,1-2,4H3/p+1/b15-8+. The molecule has 2 atom stereocenters. The first-order valence-electron chi connectivity index (χ1n) is 10.1. The molecule has 0 aliphatic carbocycles. The van der Waals surface area contributed by atoms with Crippen molar-refractivity contribution in [3.05, 3.63) is 64.4 Å². The van der Waals surface area contributed by atoms with Crippen LogP contribution in [0.4, 0.5) is 22.0 Å². The summed E-state index contributed by atoms with van der Waals surface area (Å²) in [6.07, 6.45) is -4.62. The number of allylic oxidation sites excluding steroid dienone is 1. The first kappa shape index (κ1) is 24.9. The average Bonchev–Trinajstić information content (AvgIpc) is 3.14. The van der Waals surface area contributed by atoms with Gasteiger partial charge in [0.15, 0.2) is 0 Å². The van der Waals surface area contributed by atoms with Gasteiger partial charge >= 0.3 is 18.4 Å². The van der Waals surface area contributed by atoms with Gasteiger partial charge in [-0.2, -0.15) is 13.2 Å². The third kappa shape index (κ3) is 5.08. The molecule has 2 heterocycles. The molecule has 0 bridgehead atoms. The van der Waals surface area contributed by atoms with E-state index in [1.165, 1.54) is 13.2 Å². The molecule has 0 aromatic heterocycles. The van der Waals surface area contributed by atoms with Crippen LogP contribution < -0.4 is 5.32 Å². The SMILES string of the molecule is C=C(/C=C1\C(C(C)C)N=C(C(F)(F)F)N1C1CN=C(NC(=O)c2c(F)cccc2F)C#[N+]1)OC. The number of benzene rings is 1. The van der Waals surface area contributed by atoms with Crippen LogP contribution in [-0.4, -0.2) is 54.5 Å². The largest absolute Gasteiger partial charge is 0.497 e. The Morgan fingerprint density at radius 1 is 1.35 bits per heavy atom. The highest BCUT2D eigenvalue weighted by molar-refractivity contribution is 6.12. The normalized spacial score (nSPS) is 21.1. The number of halogens is 5. The van der Waals surface area contributed by atoms with Crippen LogP contribution in [-0.2, 0) is 4.74 Å². The summed E-state index contributed by atoms with van der Waals surface area (Å²) in [5.41, 5.74) is -0.663. The molecule has 180 valence electrons. The summed E-state index contributed by atoms with van der Waals surface area (Å²) in [6, 6.07) is 4.42. The van der Waals surface area contributed by atoms with Crippen LogP contribution in [0.3, 0.4) is 0 Å². The highest BCUT2D eigenvalue weighted by Crippen LogP contribution is 2.36. The summed E-state index contributed by atoms with van der Waals surface area (Å²) in [7, 11) is 1.33. The number of ether oxygens (including phenoxy) is 1. The van der Waals surface area contributed by atoms with E-state index in [1.807, 2.05) is 0 Å². The summed E-state index contributed by atoms with van der Waals surface area (Å²) >= 11 is 0. The van der Waals surface area contributed by atoms with E-state index < -0.39 is 47.3 Å². The van der Waals surface area contributed by atoms with Crippen LogP contribution in [0, 0.1) is 23.6 Å². The fourth-order valence-corrected chi connectivity index (χ4v) is 3.39. The van der Waals surface area contributed by atoms with Crippen LogP contribution in [0.2, 0.25) is 0 Å². The van der Waals surface area contributed by atoms with E-state index in [0.717, 1.165) is 23.1 Å². The Kier molecular flexibility index (Phi) is 7.04. The Morgan fingerprint density at radius 3 is 2.50 bits per heavy atom. The molecular formula is C22H21F5N5O2+. The lowest BCUT2D eigenvalue weighted by Gasteiger charge is -2.25. The number of amidine groups is 2. The Bertz CT molecular complexity index is 1140. The molecule has 0 saturated carbocycles. The van der Waals surface area contributed by atoms with Gasteiger partial charge in [0.2, 0.25) is 5.84 Å². The van der Waals surface area contributed by atoms with Crippen molar-refractivity contribution in [1.82, 2.24) is 10.2 Å². The van der Waals surface area contributed by atoms with Gasteiger partial charge in [-0.05, 0) is 22.9 Å². The molecule has 12 heteroatoms. The van der Waals surface area contributed by atoms with Gasteiger partial charge < -0.3 is 4.74 Å². The number of hydrogen-bond acceptors (Lipinski definition) is 5. The van der Waals surface area contributed by atoms with Gasteiger partial charge in [0.25, 0.3) is 11.7 Å². The van der Waals surface area contributed by atoms with Crippen molar-refractivity contribution in [1.29, 1.82) is 0 Å². The van der Waals surface area contributed by atoms with Gasteiger partial charge in [-0.3, -0.25) is 15.1 Å². The molecule has 1 aromatic carbocycles. The van der Waals surface area contributed by atoms with Crippen molar-refractivity contribution in [2.24, 2.45) is 15.9 Å². The van der Waals surface area contributed by atoms with Crippen molar-refractivity contribution >= 4 is 17.6 Å². The van der Waals surface area contributed by atoms with Gasteiger partial charge in [0.05, 0.1) is 18.8 Å². The number of amides is 1. The molecular weight excluding hydrogens is 461 g/mol. The average molecular weight is 482 g/mol.